The quantitative estimate of drug-likeness (QED) is 0.616. The molecule has 0 radical (unpaired) electrons. The molecule has 1 saturated heterocycles. The third kappa shape index (κ3) is 5.57. The van der Waals surface area contributed by atoms with Crippen molar-refractivity contribution in [1.29, 1.82) is 0 Å². The van der Waals surface area contributed by atoms with Gasteiger partial charge in [0, 0.05) is 51.5 Å². The van der Waals surface area contributed by atoms with E-state index in [2.05, 4.69) is 15.2 Å². The van der Waals surface area contributed by atoms with Gasteiger partial charge in [-0.15, -0.1) is 12.4 Å². The van der Waals surface area contributed by atoms with Crippen LogP contribution < -0.4 is 5.32 Å². The highest BCUT2D eigenvalue weighted by atomic mass is 35.5. The van der Waals surface area contributed by atoms with Crippen molar-refractivity contribution in [2.45, 2.75) is 42.7 Å². The molecule has 188 valence electrons. The van der Waals surface area contributed by atoms with Gasteiger partial charge in [-0.25, -0.2) is 17.8 Å². The fourth-order valence-electron chi connectivity index (χ4n) is 4.89. The molecule has 1 aliphatic heterocycles. The topological polar surface area (TPSA) is 87.5 Å². The Balaban J connectivity index is 0.00000324. The summed E-state index contributed by atoms with van der Waals surface area (Å²) in [4.78, 5) is 19.1. The molecule has 2 aliphatic rings. The van der Waals surface area contributed by atoms with E-state index in [4.69, 9.17) is 11.6 Å². The predicted octanol–water partition coefficient (Wildman–Crippen LogP) is 3.07. The molecule has 12 heteroatoms. The van der Waals surface area contributed by atoms with E-state index in [1.807, 2.05) is 0 Å². The van der Waals surface area contributed by atoms with E-state index in [0.717, 1.165) is 38.2 Å². The number of aryl methyl sites for hydroxylation is 1. The Morgan fingerprint density at radius 3 is 2.44 bits per heavy atom. The summed E-state index contributed by atoms with van der Waals surface area (Å²) in [7, 11) is -1.89. The van der Waals surface area contributed by atoms with Crippen LogP contribution in [0.3, 0.4) is 0 Å². The smallest absolute Gasteiger partial charge is 0.262 e. The number of aromatic nitrogens is 2. The Morgan fingerprint density at radius 2 is 1.85 bits per heavy atom. The first-order valence-electron chi connectivity index (χ1n) is 11.2. The van der Waals surface area contributed by atoms with Crippen LogP contribution in [0, 0.1) is 5.82 Å². The molecule has 2 aromatic rings. The van der Waals surface area contributed by atoms with Gasteiger partial charge in [-0.3, -0.25) is 9.69 Å². The second-order valence-corrected chi connectivity index (χ2v) is 11.2. The van der Waals surface area contributed by atoms with Gasteiger partial charge in [0.1, 0.15) is 5.82 Å². The molecule has 0 unspecified atom stereocenters. The van der Waals surface area contributed by atoms with Crippen molar-refractivity contribution in [3.63, 3.8) is 0 Å². The highest BCUT2D eigenvalue weighted by molar-refractivity contribution is 7.89. The lowest BCUT2D eigenvalue weighted by molar-refractivity contribution is 0.0240. The molecule has 0 atom stereocenters. The molecule has 0 spiro atoms. The minimum Gasteiger partial charge on any atom is -0.350 e. The standard InChI is InChI=1S/C22H29ClFN5O3S.ClH/c1-27-14-20(26-16-27)33(31,32)29-11-9-28(10-12-29)22(7-3-2-4-8-22)15-25-21(30)18-6-5-17(24)13-19(18)23;/h5-6,13-14,16H,2-4,7-12,15H2,1H3,(H,25,30);1H. The number of carbonyl (C=O) groups is 1. The van der Waals surface area contributed by atoms with Gasteiger partial charge in [0.05, 0.1) is 16.9 Å². The molecule has 1 aromatic carbocycles. The summed E-state index contributed by atoms with van der Waals surface area (Å²) < 4.78 is 42.3. The van der Waals surface area contributed by atoms with Crippen molar-refractivity contribution in [1.82, 2.24) is 24.1 Å². The average molecular weight is 534 g/mol. The van der Waals surface area contributed by atoms with E-state index >= 15 is 0 Å². The SMILES string of the molecule is Cl.Cn1cnc(S(=O)(=O)N2CCN(C3(CNC(=O)c4ccc(F)cc4Cl)CCCCC3)CC2)c1. The lowest BCUT2D eigenvalue weighted by Crippen LogP contribution is -2.62. The second kappa shape index (κ2) is 10.9. The molecule has 4 rings (SSSR count). The third-order valence-corrected chi connectivity index (χ3v) is 8.83. The van der Waals surface area contributed by atoms with Crippen LogP contribution in [0.15, 0.2) is 35.7 Å². The summed E-state index contributed by atoms with van der Waals surface area (Å²) in [5.74, 6) is -0.819. The van der Waals surface area contributed by atoms with Crippen LogP contribution in [0.1, 0.15) is 42.5 Å². The third-order valence-electron chi connectivity index (χ3n) is 6.73. The summed E-state index contributed by atoms with van der Waals surface area (Å²) in [6.07, 6.45) is 8.11. The molecule has 1 amide bonds. The van der Waals surface area contributed by atoms with Crippen LogP contribution in [0.25, 0.3) is 0 Å². The highest BCUT2D eigenvalue weighted by Crippen LogP contribution is 2.34. The van der Waals surface area contributed by atoms with E-state index in [0.29, 0.717) is 32.7 Å². The largest absolute Gasteiger partial charge is 0.350 e. The number of hydrogen-bond donors (Lipinski definition) is 1. The maximum atomic E-state index is 13.3. The number of hydrogen-bond acceptors (Lipinski definition) is 5. The van der Waals surface area contributed by atoms with Crippen LogP contribution in [0.2, 0.25) is 5.02 Å². The van der Waals surface area contributed by atoms with E-state index in [1.165, 1.54) is 29.0 Å². The zero-order valence-corrected chi connectivity index (χ0v) is 21.4. The van der Waals surface area contributed by atoms with Crippen molar-refractivity contribution in [3.8, 4) is 0 Å². The number of nitrogens with zero attached hydrogens (tertiary/aromatic N) is 4. The Kier molecular flexibility index (Phi) is 8.62. The van der Waals surface area contributed by atoms with Crippen molar-refractivity contribution >= 4 is 39.9 Å². The molecule has 2 fully saturated rings. The Hall–Kier alpha value is -1.72. The summed E-state index contributed by atoms with van der Waals surface area (Å²) in [5.41, 5.74) is 0.0108. The monoisotopic (exact) mass is 533 g/mol. The number of nitrogens with one attached hydrogen (secondary N) is 1. The normalized spacial score (nSPS) is 19.4. The minimum atomic E-state index is -3.63. The number of amides is 1. The summed E-state index contributed by atoms with van der Waals surface area (Å²) >= 11 is 6.06. The Bertz CT molecular complexity index is 1110. The molecule has 1 aliphatic carbocycles. The molecule has 8 nitrogen and oxygen atoms in total. The zero-order chi connectivity index (χ0) is 23.6. The maximum absolute atomic E-state index is 13.3. The number of halogens is 3. The Morgan fingerprint density at radius 1 is 1.18 bits per heavy atom. The number of rotatable bonds is 6. The summed E-state index contributed by atoms with van der Waals surface area (Å²) in [5, 5.41) is 3.15. The molecule has 1 N–H and O–H groups in total. The number of benzene rings is 1. The van der Waals surface area contributed by atoms with E-state index < -0.39 is 15.8 Å². The van der Waals surface area contributed by atoms with Gasteiger partial charge in [-0.2, -0.15) is 4.31 Å². The molecular formula is C22H30Cl2FN5O3S. The van der Waals surface area contributed by atoms with Gasteiger partial charge in [0.2, 0.25) is 0 Å². The fourth-order valence-corrected chi connectivity index (χ4v) is 6.53. The molecule has 2 heterocycles. The lowest BCUT2D eigenvalue weighted by atomic mass is 9.79. The number of carbonyl (C=O) groups excluding carboxylic acids is 1. The van der Waals surface area contributed by atoms with Crippen LogP contribution in [-0.2, 0) is 17.1 Å². The molecule has 34 heavy (non-hydrogen) atoms. The minimum absolute atomic E-state index is 0. The van der Waals surface area contributed by atoms with Crippen LogP contribution >= 0.6 is 24.0 Å². The van der Waals surface area contributed by atoms with E-state index in [-0.39, 0.29) is 39.5 Å². The van der Waals surface area contributed by atoms with Crippen LogP contribution in [0.4, 0.5) is 4.39 Å². The van der Waals surface area contributed by atoms with E-state index in [1.54, 1.807) is 11.6 Å². The average Bonchev–Trinajstić information content (AvgIpc) is 3.25. The van der Waals surface area contributed by atoms with Gasteiger partial charge in [-0.1, -0.05) is 30.9 Å². The van der Waals surface area contributed by atoms with Crippen LogP contribution in [0.5, 0.6) is 0 Å². The second-order valence-electron chi connectivity index (χ2n) is 8.86. The van der Waals surface area contributed by atoms with Gasteiger partial charge < -0.3 is 9.88 Å². The summed E-state index contributed by atoms with van der Waals surface area (Å²) in [6.45, 7) is 2.35. The fraction of sp³-hybridized carbons (Fsp3) is 0.545. The maximum Gasteiger partial charge on any atom is 0.262 e. The highest BCUT2D eigenvalue weighted by Gasteiger charge is 2.41. The van der Waals surface area contributed by atoms with Crippen molar-refractivity contribution in [2.24, 2.45) is 7.05 Å². The summed E-state index contributed by atoms with van der Waals surface area (Å²) in [6, 6.07) is 3.74. The lowest BCUT2D eigenvalue weighted by Gasteiger charge is -2.49. The van der Waals surface area contributed by atoms with Crippen molar-refractivity contribution in [3.05, 3.63) is 47.1 Å². The van der Waals surface area contributed by atoms with Gasteiger partial charge in [0.15, 0.2) is 5.03 Å². The van der Waals surface area contributed by atoms with Gasteiger partial charge in [0.25, 0.3) is 15.9 Å². The molecule has 0 bridgehead atoms. The Labute approximate surface area is 210 Å². The zero-order valence-electron chi connectivity index (χ0n) is 19.0. The van der Waals surface area contributed by atoms with Gasteiger partial charge >= 0.3 is 0 Å². The van der Waals surface area contributed by atoms with Crippen molar-refractivity contribution < 1.29 is 17.6 Å². The van der Waals surface area contributed by atoms with E-state index in [9.17, 15) is 17.6 Å². The molecular weight excluding hydrogens is 504 g/mol. The van der Waals surface area contributed by atoms with Crippen LogP contribution in [-0.4, -0.2) is 71.3 Å². The molecule has 1 saturated carbocycles. The van der Waals surface area contributed by atoms with Crippen molar-refractivity contribution in [2.75, 3.05) is 32.7 Å². The number of imidazole rings is 1. The molecule has 1 aromatic heterocycles. The van der Waals surface area contributed by atoms with Gasteiger partial charge in [-0.05, 0) is 31.0 Å². The predicted molar refractivity (Wildman–Crippen MR) is 130 cm³/mol. The first kappa shape index (κ1) is 26.9. The first-order valence-corrected chi connectivity index (χ1v) is 13.0. The number of piperazine rings is 1. The first-order chi connectivity index (χ1) is 15.7. The number of sulfonamides is 1.